The predicted molar refractivity (Wildman–Crippen MR) is 68.2 cm³/mol. The molecule has 1 aromatic carbocycles. The largest absolute Gasteiger partial charge is 0.463 e. The second-order valence-corrected chi connectivity index (χ2v) is 4.77. The number of rotatable bonds is 2. The van der Waals surface area contributed by atoms with Gasteiger partial charge in [-0.05, 0) is 30.2 Å². The van der Waals surface area contributed by atoms with Crippen LogP contribution in [0.25, 0.3) is 0 Å². The van der Waals surface area contributed by atoms with Crippen LogP contribution >= 0.6 is 0 Å². The van der Waals surface area contributed by atoms with E-state index in [0.29, 0.717) is 24.8 Å². The minimum atomic E-state index is -0.807. The summed E-state index contributed by atoms with van der Waals surface area (Å²) >= 11 is 0. The van der Waals surface area contributed by atoms with Gasteiger partial charge in [0.05, 0.1) is 12.2 Å². The number of amides is 1. The fourth-order valence-electron chi connectivity index (χ4n) is 2.29. The number of hydrogen-bond acceptors (Lipinski definition) is 5. The Balaban J connectivity index is 1.75. The molecule has 1 fully saturated rings. The van der Waals surface area contributed by atoms with Gasteiger partial charge in [0.2, 0.25) is 12.0 Å². The minimum Gasteiger partial charge on any atom is -0.463 e. The molecule has 6 heteroatoms. The first-order valence-corrected chi connectivity index (χ1v) is 6.44. The number of cyclic esters (lactones) is 1. The molecule has 1 amide bonds. The molecule has 2 aliphatic rings. The second kappa shape index (κ2) is 4.96. The second-order valence-electron chi connectivity index (χ2n) is 4.77. The van der Waals surface area contributed by atoms with E-state index in [-0.39, 0.29) is 12.5 Å². The van der Waals surface area contributed by atoms with Crippen molar-refractivity contribution < 1.29 is 23.9 Å². The smallest absolute Gasteiger partial charge is 0.347 e. The Morgan fingerprint density at radius 3 is 2.90 bits per heavy atom. The number of anilines is 1. The molecule has 104 valence electrons. The minimum absolute atomic E-state index is 0.0264. The summed E-state index contributed by atoms with van der Waals surface area (Å²) in [5, 5.41) is 2.74. The first-order valence-electron chi connectivity index (χ1n) is 6.44. The monoisotopic (exact) mass is 275 g/mol. The molecule has 0 spiro atoms. The zero-order valence-electron chi connectivity index (χ0n) is 10.7. The van der Waals surface area contributed by atoms with Crippen LogP contribution in [-0.2, 0) is 25.5 Å². The third-order valence-corrected chi connectivity index (χ3v) is 3.37. The predicted octanol–water partition coefficient (Wildman–Crippen LogP) is 1.04. The van der Waals surface area contributed by atoms with E-state index in [1.165, 1.54) is 0 Å². The van der Waals surface area contributed by atoms with Gasteiger partial charge in [-0.3, -0.25) is 4.79 Å². The number of carbonyl (C=O) groups is 3. The van der Waals surface area contributed by atoms with Gasteiger partial charge in [0.1, 0.15) is 0 Å². The molecule has 1 unspecified atom stereocenters. The lowest BCUT2D eigenvalue weighted by molar-refractivity contribution is -0.145. The first-order chi connectivity index (χ1) is 9.63. The van der Waals surface area contributed by atoms with Crippen molar-refractivity contribution in [2.24, 2.45) is 0 Å². The fourth-order valence-corrected chi connectivity index (χ4v) is 2.29. The normalized spacial score (nSPS) is 20.9. The SMILES string of the molecule is O=C1CCc2cc(C(=O)OC3CCOC3=O)ccc2N1. The molecule has 1 N–H and O–H groups in total. The third-order valence-electron chi connectivity index (χ3n) is 3.37. The van der Waals surface area contributed by atoms with Crippen LogP contribution in [0.2, 0.25) is 0 Å². The highest BCUT2D eigenvalue weighted by atomic mass is 16.6. The van der Waals surface area contributed by atoms with Gasteiger partial charge in [-0.25, -0.2) is 9.59 Å². The lowest BCUT2D eigenvalue weighted by Crippen LogP contribution is -2.23. The van der Waals surface area contributed by atoms with Gasteiger partial charge in [0.15, 0.2) is 0 Å². The lowest BCUT2D eigenvalue weighted by Gasteiger charge is -2.17. The molecule has 0 aromatic heterocycles. The maximum Gasteiger partial charge on any atom is 0.347 e. The molecule has 0 bridgehead atoms. The highest BCUT2D eigenvalue weighted by Crippen LogP contribution is 2.24. The maximum atomic E-state index is 12.0. The average molecular weight is 275 g/mol. The summed E-state index contributed by atoms with van der Waals surface area (Å²) < 4.78 is 9.86. The van der Waals surface area contributed by atoms with Gasteiger partial charge in [-0.1, -0.05) is 0 Å². The molecule has 2 heterocycles. The number of benzene rings is 1. The Hall–Kier alpha value is -2.37. The van der Waals surface area contributed by atoms with Crippen molar-refractivity contribution in [2.75, 3.05) is 11.9 Å². The van der Waals surface area contributed by atoms with Crippen LogP contribution in [0, 0.1) is 0 Å². The molecule has 2 aliphatic heterocycles. The van der Waals surface area contributed by atoms with Gasteiger partial charge >= 0.3 is 11.9 Å². The van der Waals surface area contributed by atoms with Gasteiger partial charge in [-0.2, -0.15) is 0 Å². The van der Waals surface area contributed by atoms with Crippen molar-refractivity contribution in [3.8, 4) is 0 Å². The van der Waals surface area contributed by atoms with E-state index < -0.39 is 18.0 Å². The molecule has 1 aromatic rings. The molecule has 1 saturated heterocycles. The van der Waals surface area contributed by atoms with Crippen LogP contribution in [0.3, 0.4) is 0 Å². The van der Waals surface area contributed by atoms with Crippen LogP contribution in [0.5, 0.6) is 0 Å². The van der Waals surface area contributed by atoms with Gasteiger partial charge in [0.25, 0.3) is 0 Å². The van der Waals surface area contributed by atoms with Crippen molar-refractivity contribution in [2.45, 2.75) is 25.4 Å². The fraction of sp³-hybridized carbons (Fsp3) is 0.357. The molecule has 1 atom stereocenters. The summed E-state index contributed by atoms with van der Waals surface area (Å²) in [6, 6.07) is 4.94. The number of hydrogen-bond donors (Lipinski definition) is 1. The molecule has 0 radical (unpaired) electrons. The molecular formula is C14H13NO5. The molecule has 0 aliphatic carbocycles. The third kappa shape index (κ3) is 2.36. The summed E-state index contributed by atoms with van der Waals surface area (Å²) in [7, 11) is 0. The standard InChI is InChI=1S/C14H13NO5/c16-12-4-2-8-7-9(1-3-10(8)15-12)13(17)20-11-5-6-19-14(11)18/h1,3,7,11H,2,4-6H2,(H,15,16). The molecule has 0 saturated carbocycles. The zero-order valence-corrected chi connectivity index (χ0v) is 10.7. The Kier molecular flexibility index (Phi) is 3.14. The Bertz CT molecular complexity index is 595. The van der Waals surface area contributed by atoms with Gasteiger partial charge in [0, 0.05) is 18.5 Å². The first kappa shape index (κ1) is 12.7. The van der Waals surface area contributed by atoms with Crippen LogP contribution in [0.4, 0.5) is 5.69 Å². The van der Waals surface area contributed by atoms with Gasteiger partial charge in [-0.15, -0.1) is 0 Å². The summed E-state index contributed by atoms with van der Waals surface area (Å²) in [5.41, 5.74) is 1.99. The van der Waals surface area contributed by atoms with Crippen LogP contribution < -0.4 is 5.32 Å². The van der Waals surface area contributed by atoms with Gasteiger partial charge < -0.3 is 14.8 Å². The highest BCUT2D eigenvalue weighted by Gasteiger charge is 2.30. The Morgan fingerprint density at radius 2 is 2.15 bits per heavy atom. The van der Waals surface area contributed by atoms with Crippen molar-refractivity contribution in [1.29, 1.82) is 0 Å². The average Bonchev–Trinajstić information content (AvgIpc) is 2.83. The number of ether oxygens (including phenoxy) is 2. The molecular weight excluding hydrogens is 262 g/mol. The molecule has 3 rings (SSSR count). The summed E-state index contributed by atoms with van der Waals surface area (Å²) in [6.45, 7) is 0.285. The van der Waals surface area contributed by atoms with Crippen LogP contribution in [0.15, 0.2) is 18.2 Å². The Morgan fingerprint density at radius 1 is 1.30 bits per heavy atom. The van der Waals surface area contributed by atoms with E-state index in [1.54, 1.807) is 18.2 Å². The van der Waals surface area contributed by atoms with Crippen molar-refractivity contribution >= 4 is 23.5 Å². The van der Waals surface area contributed by atoms with Crippen molar-refractivity contribution in [1.82, 2.24) is 0 Å². The van der Waals surface area contributed by atoms with E-state index in [0.717, 1.165) is 11.3 Å². The number of esters is 2. The number of fused-ring (bicyclic) bond motifs is 1. The van der Waals surface area contributed by atoms with E-state index in [9.17, 15) is 14.4 Å². The van der Waals surface area contributed by atoms with E-state index in [4.69, 9.17) is 9.47 Å². The highest BCUT2D eigenvalue weighted by molar-refractivity contribution is 5.96. The zero-order chi connectivity index (χ0) is 14.1. The van der Waals surface area contributed by atoms with Crippen LogP contribution in [0.1, 0.15) is 28.8 Å². The summed E-state index contributed by atoms with van der Waals surface area (Å²) in [5.74, 6) is -1.07. The summed E-state index contributed by atoms with van der Waals surface area (Å²) in [6.07, 6.45) is 0.581. The van der Waals surface area contributed by atoms with Crippen molar-refractivity contribution in [3.63, 3.8) is 0 Å². The van der Waals surface area contributed by atoms with E-state index in [1.807, 2.05) is 0 Å². The van der Waals surface area contributed by atoms with Crippen molar-refractivity contribution in [3.05, 3.63) is 29.3 Å². The summed E-state index contributed by atoms with van der Waals surface area (Å²) in [4.78, 5) is 34.5. The quantitative estimate of drug-likeness (QED) is 0.816. The maximum absolute atomic E-state index is 12.0. The van der Waals surface area contributed by atoms with E-state index in [2.05, 4.69) is 5.32 Å². The van der Waals surface area contributed by atoms with E-state index >= 15 is 0 Å². The molecule has 20 heavy (non-hydrogen) atoms. The van der Waals surface area contributed by atoms with Crippen LogP contribution in [-0.4, -0.2) is 30.6 Å². The molecule has 6 nitrogen and oxygen atoms in total. The number of nitrogens with one attached hydrogen (secondary N) is 1. The lowest BCUT2D eigenvalue weighted by atomic mass is 10.0. The topological polar surface area (TPSA) is 81.7 Å². The Labute approximate surface area is 115 Å². The number of aryl methyl sites for hydroxylation is 1. The number of carbonyl (C=O) groups excluding carboxylic acids is 3.